The summed E-state index contributed by atoms with van der Waals surface area (Å²) in [6.07, 6.45) is 1.40. The molecule has 1 saturated heterocycles. The van der Waals surface area contributed by atoms with Gasteiger partial charge in [0.15, 0.2) is 5.17 Å². The Bertz CT molecular complexity index is 989. The van der Waals surface area contributed by atoms with Gasteiger partial charge in [-0.1, -0.05) is 0 Å². The Kier molecular flexibility index (Phi) is 5.65. The quantitative estimate of drug-likeness (QED) is 0.288. The summed E-state index contributed by atoms with van der Waals surface area (Å²) in [5, 5.41) is 24.2. The molecule has 3 rings (SSSR count). The van der Waals surface area contributed by atoms with E-state index in [1.807, 2.05) is 0 Å². The standard InChI is InChI=1S/C17H12IN3O5S/c1-26-12-4-2-10(3-5-12)19-17-20-16(23)14(27-17)7-9-6-11(21(24)25)8-13(18)15(9)22/h2-8,22H,1H3,(H,19,20,23)/b14-7+. The minimum atomic E-state index is -0.554. The number of carbonyl (C=O) groups excluding carboxylic acids is 1. The summed E-state index contributed by atoms with van der Waals surface area (Å²) in [5.41, 5.74) is 0.657. The molecule has 2 N–H and O–H groups in total. The third-order valence-electron chi connectivity index (χ3n) is 3.53. The number of phenols is 1. The second-order valence-electron chi connectivity index (χ2n) is 5.30. The number of halogens is 1. The van der Waals surface area contributed by atoms with E-state index in [0.717, 1.165) is 11.8 Å². The molecule has 0 saturated carbocycles. The van der Waals surface area contributed by atoms with Crippen molar-refractivity contribution in [1.29, 1.82) is 0 Å². The molecule has 8 nitrogen and oxygen atoms in total. The molecule has 1 heterocycles. The molecule has 0 atom stereocenters. The van der Waals surface area contributed by atoms with Crippen LogP contribution >= 0.6 is 34.4 Å². The molecule has 0 aliphatic carbocycles. The monoisotopic (exact) mass is 497 g/mol. The molecule has 1 fully saturated rings. The van der Waals surface area contributed by atoms with Crippen molar-refractivity contribution >= 4 is 62.9 Å². The van der Waals surface area contributed by atoms with Crippen LogP contribution in [0.15, 0.2) is 46.3 Å². The number of thioether (sulfide) groups is 1. The maximum Gasteiger partial charge on any atom is 0.271 e. The highest BCUT2D eigenvalue weighted by atomic mass is 127. The van der Waals surface area contributed by atoms with E-state index in [0.29, 0.717) is 20.2 Å². The molecule has 2 aromatic rings. The highest BCUT2D eigenvalue weighted by molar-refractivity contribution is 14.1. The van der Waals surface area contributed by atoms with E-state index in [1.165, 1.54) is 18.2 Å². The van der Waals surface area contributed by atoms with E-state index in [4.69, 9.17) is 4.74 Å². The van der Waals surface area contributed by atoms with Gasteiger partial charge in [0.25, 0.3) is 11.6 Å². The van der Waals surface area contributed by atoms with E-state index >= 15 is 0 Å². The van der Waals surface area contributed by atoms with Gasteiger partial charge in [0, 0.05) is 17.7 Å². The number of nitrogens with one attached hydrogen (secondary N) is 1. The first-order chi connectivity index (χ1) is 12.9. The number of benzene rings is 2. The molecule has 2 aromatic carbocycles. The zero-order chi connectivity index (χ0) is 19.6. The number of aliphatic imine (C=N–C) groups is 1. The predicted octanol–water partition coefficient (Wildman–Crippen LogP) is 3.81. The van der Waals surface area contributed by atoms with Crippen LogP contribution in [0.5, 0.6) is 11.5 Å². The first kappa shape index (κ1) is 19.2. The maximum atomic E-state index is 12.2. The van der Waals surface area contributed by atoms with E-state index in [9.17, 15) is 20.0 Å². The number of hydrogen-bond donors (Lipinski definition) is 2. The number of ether oxygens (including phenoxy) is 1. The summed E-state index contributed by atoms with van der Waals surface area (Å²) < 4.78 is 5.41. The number of aromatic hydroxyl groups is 1. The van der Waals surface area contributed by atoms with Gasteiger partial charge in [-0.05, 0) is 64.7 Å². The lowest BCUT2D eigenvalue weighted by atomic mass is 10.1. The Labute approximate surface area is 171 Å². The largest absolute Gasteiger partial charge is 0.506 e. The van der Waals surface area contributed by atoms with Gasteiger partial charge in [-0.15, -0.1) is 0 Å². The van der Waals surface area contributed by atoms with Gasteiger partial charge >= 0.3 is 0 Å². The molecule has 0 aromatic heterocycles. The molecular formula is C17H12IN3O5S. The number of nitrogens with zero attached hydrogens (tertiary/aromatic N) is 2. The van der Waals surface area contributed by atoms with Crippen molar-refractivity contribution in [2.45, 2.75) is 0 Å². The fourth-order valence-electron chi connectivity index (χ4n) is 2.22. The summed E-state index contributed by atoms with van der Waals surface area (Å²) >= 11 is 2.88. The van der Waals surface area contributed by atoms with Crippen molar-refractivity contribution in [2.24, 2.45) is 4.99 Å². The van der Waals surface area contributed by atoms with Crippen LogP contribution in [0.1, 0.15) is 5.56 Å². The highest BCUT2D eigenvalue weighted by Crippen LogP contribution is 2.34. The molecule has 0 bridgehead atoms. The van der Waals surface area contributed by atoms with Crippen molar-refractivity contribution in [1.82, 2.24) is 5.32 Å². The SMILES string of the molecule is COc1ccc(N=C2NC(=O)/C(=C\c3cc([N+](=O)[O-])cc(I)c3O)S2)cc1. The van der Waals surface area contributed by atoms with E-state index < -0.39 is 10.8 Å². The first-order valence-electron chi connectivity index (χ1n) is 7.48. The zero-order valence-electron chi connectivity index (χ0n) is 13.8. The zero-order valence-corrected chi connectivity index (χ0v) is 16.8. The molecule has 1 aliphatic rings. The Hall–Kier alpha value is -2.60. The van der Waals surface area contributed by atoms with Crippen molar-refractivity contribution in [3.63, 3.8) is 0 Å². The highest BCUT2D eigenvalue weighted by Gasteiger charge is 2.25. The number of carbonyl (C=O) groups is 1. The first-order valence-corrected chi connectivity index (χ1v) is 9.37. The maximum absolute atomic E-state index is 12.2. The molecule has 138 valence electrons. The Morgan fingerprint density at radius 2 is 2.04 bits per heavy atom. The summed E-state index contributed by atoms with van der Waals surface area (Å²) in [5.74, 6) is 0.175. The smallest absolute Gasteiger partial charge is 0.271 e. The van der Waals surface area contributed by atoms with Gasteiger partial charge in [-0.25, -0.2) is 4.99 Å². The molecule has 0 spiro atoms. The second kappa shape index (κ2) is 7.96. The van der Waals surface area contributed by atoms with Crippen LogP contribution in [0.3, 0.4) is 0 Å². The Balaban J connectivity index is 1.89. The van der Waals surface area contributed by atoms with Crippen molar-refractivity contribution in [2.75, 3.05) is 7.11 Å². The summed E-state index contributed by atoms with van der Waals surface area (Å²) in [4.78, 5) is 27.2. The molecule has 27 heavy (non-hydrogen) atoms. The van der Waals surface area contributed by atoms with Gasteiger partial charge in [0.05, 0.1) is 26.2 Å². The van der Waals surface area contributed by atoms with E-state index in [1.54, 1.807) is 54.0 Å². The van der Waals surface area contributed by atoms with Gasteiger partial charge in [-0.3, -0.25) is 14.9 Å². The number of amides is 1. The lowest BCUT2D eigenvalue weighted by Crippen LogP contribution is -2.19. The molecule has 10 heteroatoms. The molecule has 0 unspecified atom stereocenters. The van der Waals surface area contributed by atoms with Crippen LogP contribution < -0.4 is 10.1 Å². The van der Waals surface area contributed by atoms with E-state index in [2.05, 4.69) is 10.3 Å². The predicted molar refractivity (Wildman–Crippen MR) is 111 cm³/mol. The van der Waals surface area contributed by atoms with Gasteiger partial charge in [0.1, 0.15) is 11.5 Å². The number of phenolic OH excluding ortho intramolecular Hbond substituents is 1. The van der Waals surface area contributed by atoms with Crippen LogP contribution in [0.2, 0.25) is 0 Å². The van der Waals surface area contributed by atoms with Crippen molar-refractivity contribution < 1.29 is 19.6 Å². The normalized spacial score (nSPS) is 16.6. The number of non-ortho nitro benzene ring substituents is 1. The number of nitro groups is 1. The van der Waals surface area contributed by atoms with Crippen molar-refractivity contribution in [3.8, 4) is 11.5 Å². The Morgan fingerprint density at radius 1 is 1.33 bits per heavy atom. The van der Waals surface area contributed by atoms with E-state index in [-0.39, 0.29) is 21.9 Å². The third kappa shape index (κ3) is 4.39. The van der Waals surface area contributed by atoms with Gasteiger partial charge in [-0.2, -0.15) is 0 Å². The lowest BCUT2D eigenvalue weighted by molar-refractivity contribution is -0.385. The fraction of sp³-hybridized carbons (Fsp3) is 0.0588. The number of amidine groups is 1. The topological polar surface area (TPSA) is 114 Å². The summed E-state index contributed by atoms with van der Waals surface area (Å²) in [6.45, 7) is 0. The lowest BCUT2D eigenvalue weighted by Gasteiger charge is -2.03. The number of methoxy groups -OCH3 is 1. The molecule has 0 radical (unpaired) electrons. The fourth-order valence-corrected chi connectivity index (χ4v) is 3.68. The second-order valence-corrected chi connectivity index (χ2v) is 7.50. The van der Waals surface area contributed by atoms with Crippen LogP contribution in [0.4, 0.5) is 11.4 Å². The minimum absolute atomic E-state index is 0.123. The third-order valence-corrected chi connectivity index (χ3v) is 5.26. The molecule has 1 amide bonds. The van der Waals surface area contributed by atoms with Crippen LogP contribution in [-0.2, 0) is 4.79 Å². The number of hydrogen-bond acceptors (Lipinski definition) is 7. The average Bonchev–Trinajstić information content (AvgIpc) is 2.98. The van der Waals surface area contributed by atoms with Crippen molar-refractivity contribution in [3.05, 3.63) is 60.6 Å². The van der Waals surface area contributed by atoms with Crippen LogP contribution in [-0.4, -0.2) is 28.2 Å². The van der Waals surface area contributed by atoms with Gasteiger partial charge in [0.2, 0.25) is 0 Å². The number of rotatable bonds is 4. The average molecular weight is 497 g/mol. The number of nitro benzene ring substituents is 1. The Morgan fingerprint density at radius 3 is 2.67 bits per heavy atom. The molecular weight excluding hydrogens is 485 g/mol. The van der Waals surface area contributed by atoms with Crippen LogP contribution in [0.25, 0.3) is 6.08 Å². The van der Waals surface area contributed by atoms with Gasteiger partial charge < -0.3 is 15.2 Å². The summed E-state index contributed by atoms with van der Waals surface area (Å²) in [7, 11) is 1.57. The molecule has 1 aliphatic heterocycles. The summed E-state index contributed by atoms with van der Waals surface area (Å²) in [6, 6.07) is 9.47. The van der Waals surface area contributed by atoms with Crippen LogP contribution in [0, 0.1) is 13.7 Å². The minimum Gasteiger partial charge on any atom is -0.506 e.